The first-order valence-corrected chi connectivity index (χ1v) is 9.68. The van der Waals surface area contributed by atoms with E-state index in [0.29, 0.717) is 5.13 Å². The summed E-state index contributed by atoms with van der Waals surface area (Å²) in [6, 6.07) is 9.51. The van der Waals surface area contributed by atoms with Gasteiger partial charge in [-0.2, -0.15) is 0 Å². The van der Waals surface area contributed by atoms with Crippen molar-refractivity contribution in [3.63, 3.8) is 0 Å². The second-order valence-corrected chi connectivity index (χ2v) is 7.74. The Balaban J connectivity index is 1.91. The van der Waals surface area contributed by atoms with Gasteiger partial charge >= 0.3 is 0 Å². The summed E-state index contributed by atoms with van der Waals surface area (Å²) < 4.78 is 40.9. The predicted octanol–water partition coefficient (Wildman–Crippen LogP) is 3.04. The number of aromatic nitrogens is 2. The molecule has 1 heterocycles. The van der Waals surface area contributed by atoms with E-state index in [1.54, 1.807) is 12.1 Å². The second-order valence-electron chi connectivity index (χ2n) is 5.26. The molecule has 0 aliphatic heterocycles. The number of carbonyl (C=O) groups excluding carboxylic acids is 1. The standard InChI is InChI=1S/C16H13FN4O3S2/c1-10-8-11(17)6-7-14(10)26(23,24)21-13-5-3-2-4-12(13)15(22)19-16-20-18-9-25-16/h2-9,21H,1H3,(H,19,20,22). The first-order valence-electron chi connectivity index (χ1n) is 7.32. The zero-order valence-corrected chi connectivity index (χ0v) is 15.1. The van der Waals surface area contributed by atoms with Gasteiger partial charge in [0.2, 0.25) is 5.13 Å². The Morgan fingerprint density at radius 2 is 1.96 bits per heavy atom. The van der Waals surface area contributed by atoms with Gasteiger partial charge in [0.15, 0.2) is 0 Å². The van der Waals surface area contributed by atoms with Crippen molar-refractivity contribution in [2.24, 2.45) is 0 Å². The summed E-state index contributed by atoms with van der Waals surface area (Å²) in [6.07, 6.45) is 0. The monoisotopic (exact) mass is 392 g/mol. The van der Waals surface area contributed by atoms with Gasteiger partial charge in [-0.1, -0.05) is 23.5 Å². The molecule has 3 rings (SSSR count). The van der Waals surface area contributed by atoms with Crippen LogP contribution in [-0.2, 0) is 10.0 Å². The molecule has 0 radical (unpaired) electrons. The highest BCUT2D eigenvalue weighted by molar-refractivity contribution is 7.92. The Morgan fingerprint density at radius 3 is 2.65 bits per heavy atom. The molecule has 0 spiro atoms. The molecule has 0 saturated carbocycles. The lowest BCUT2D eigenvalue weighted by Gasteiger charge is -2.13. The van der Waals surface area contributed by atoms with Crippen molar-refractivity contribution >= 4 is 38.1 Å². The summed E-state index contributed by atoms with van der Waals surface area (Å²) in [5.74, 6) is -1.06. The van der Waals surface area contributed by atoms with Crippen molar-refractivity contribution in [2.45, 2.75) is 11.8 Å². The van der Waals surface area contributed by atoms with Crippen LogP contribution in [0.1, 0.15) is 15.9 Å². The molecule has 2 N–H and O–H groups in total. The van der Waals surface area contributed by atoms with Crippen molar-refractivity contribution in [2.75, 3.05) is 10.0 Å². The summed E-state index contributed by atoms with van der Waals surface area (Å²) in [7, 11) is -4.00. The maximum Gasteiger partial charge on any atom is 0.262 e. The number of anilines is 2. The molecule has 7 nitrogen and oxygen atoms in total. The number of halogens is 1. The van der Waals surface area contributed by atoms with Gasteiger partial charge in [-0.15, -0.1) is 10.2 Å². The number of rotatable bonds is 5. The molecule has 1 amide bonds. The number of benzene rings is 2. The minimum Gasteiger partial charge on any atom is -0.296 e. The highest BCUT2D eigenvalue weighted by Gasteiger charge is 2.21. The van der Waals surface area contributed by atoms with E-state index in [1.165, 1.54) is 30.6 Å². The van der Waals surface area contributed by atoms with Crippen molar-refractivity contribution in [1.29, 1.82) is 0 Å². The summed E-state index contributed by atoms with van der Waals surface area (Å²) >= 11 is 1.14. The Hall–Kier alpha value is -2.85. The maximum atomic E-state index is 13.2. The van der Waals surface area contributed by atoms with Gasteiger partial charge in [-0.25, -0.2) is 12.8 Å². The number of aryl methyl sites for hydroxylation is 1. The zero-order valence-electron chi connectivity index (χ0n) is 13.4. The minimum atomic E-state index is -4.00. The molecule has 0 fully saturated rings. The lowest BCUT2D eigenvalue weighted by atomic mass is 10.2. The van der Waals surface area contributed by atoms with Crippen LogP contribution in [0.2, 0.25) is 0 Å². The Kier molecular flexibility index (Phi) is 4.96. The van der Waals surface area contributed by atoms with Gasteiger partial charge in [-0.05, 0) is 42.8 Å². The van der Waals surface area contributed by atoms with Crippen molar-refractivity contribution in [3.8, 4) is 0 Å². The van der Waals surface area contributed by atoms with Gasteiger partial charge in [0.05, 0.1) is 16.1 Å². The molecule has 0 atom stereocenters. The zero-order chi connectivity index (χ0) is 18.7. The van der Waals surface area contributed by atoms with E-state index >= 15 is 0 Å². The normalized spacial score (nSPS) is 11.2. The highest BCUT2D eigenvalue weighted by Crippen LogP contribution is 2.23. The summed E-state index contributed by atoms with van der Waals surface area (Å²) in [6.45, 7) is 1.49. The molecule has 1 aromatic heterocycles. The van der Waals surface area contributed by atoms with Crippen LogP contribution in [0.4, 0.5) is 15.2 Å². The lowest BCUT2D eigenvalue weighted by molar-refractivity contribution is 0.102. The summed E-state index contributed by atoms with van der Waals surface area (Å²) in [4.78, 5) is 12.3. The van der Waals surface area contributed by atoms with Crippen molar-refractivity contribution in [3.05, 3.63) is 64.9 Å². The van der Waals surface area contributed by atoms with Crippen LogP contribution in [0.5, 0.6) is 0 Å². The number of nitrogens with zero attached hydrogens (tertiary/aromatic N) is 2. The molecule has 0 bridgehead atoms. The quantitative estimate of drug-likeness (QED) is 0.695. The van der Waals surface area contributed by atoms with Crippen LogP contribution in [0, 0.1) is 12.7 Å². The Morgan fingerprint density at radius 1 is 1.19 bits per heavy atom. The number of hydrogen-bond donors (Lipinski definition) is 2. The molecular formula is C16H13FN4O3S2. The lowest BCUT2D eigenvalue weighted by Crippen LogP contribution is -2.19. The smallest absolute Gasteiger partial charge is 0.262 e. The molecule has 26 heavy (non-hydrogen) atoms. The van der Waals surface area contributed by atoms with E-state index < -0.39 is 21.7 Å². The molecule has 134 valence electrons. The Bertz CT molecular complexity index is 1050. The van der Waals surface area contributed by atoms with Gasteiger partial charge in [0.1, 0.15) is 11.3 Å². The molecule has 3 aromatic rings. The predicted molar refractivity (Wildman–Crippen MR) is 96.2 cm³/mol. The van der Waals surface area contributed by atoms with E-state index in [0.717, 1.165) is 23.5 Å². The molecule has 0 aliphatic rings. The minimum absolute atomic E-state index is 0.0711. The molecular weight excluding hydrogens is 379 g/mol. The number of sulfonamides is 1. The second kappa shape index (κ2) is 7.18. The fourth-order valence-electron chi connectivity index (χ4n) is 2.28. The van der Waals surface area contributed by atoms with E-state index in [2.05, 4.69) is 20.2 Å². The number of carbonyl (C=O) groups is 1. The third-order valence-electron chi connectivity index (χ3n) is 3.42. The van der Waals surface area contributed by atoms with E-state index in [4.69, 9.17) is 0 Å². The number of amides is 1. The molecule has 2 aromatic carbocycles. The fraction of sp³-hybridized carbons (Fsp3) is 0.0625. The van der Waals surface area contributed by atoms with Crippen LogP contribution in [-0.4, -0.2) is 24.5 Å². The van der Waals surface area contributed by atoms with Gasteiger partial charge in [0, 0.05) is 0 Å². The number of para-hydroxylation sites is 1. The third-order valence-corrected chi connectivity index (χ3v) is 5.56. The van der Waals surface area contributed by atoms with Crippen LogP contribution < -0.4 is 10.0 Å². The first-order chi connectivity index (χ1) is 12.4. The Labute approximate surface area is 153 Å². The third kappa shape index (κ3) is 3.86. The molecule has 0 unspecified atom stereocenters. The van der Waals surface area contributed by atoms with Crippen LogP contribution >= 0.6 is 11.3 Å². The summed E-state index contributed by atoms with van der Waals surface area (Å²) in [5, 5.41) is 10.2. The largest absolute Gasteiger partial charge is 0.296 e. The van der Waals surface area contributed by atoms with Gasteiger partial charge < -0.3 is 0 Å². The van der Waals surface area contributed by atoms with E-state index in [1.807, 2.05) is 0 Å². The SMILES string of the molecule is Cc1cc(F)ccc1S(=O)(=O)Nc1ccccc1C(=O)Nc1nncs1. The number of nitrogens with one attached hydrogen (secondary N) is 2. The highest BCUT2D eigenvalue weighted by atomic mass is 32.2. The topological polar surface area (TPSA) is 101 Å². The number of hydrogen-bond acceptors (Lipinski definition) is 6. The van der Waals surface area contributed by atoms with Gasteiger partial charge in [0.25, 0.3) is 15.9 Å². The van der Waals surface area contributed by atoms with Crippen molar-refractivity contribution < 1.29 is 17.6 Å². The van der Waals surface area contributed by atoms with E-state index in [-0.39, 0.29) is 21.7 Å². The first kappa shape index (κ1) is 18.0. The van der Waals surface area contributed by atoms with Gasteiger partial charge in [-0.3, -0.25) is 14.8 Å². The van der Waals surface area contributed by atoms with Crippen molar-refractivity contribution in [1.82, 2.24) is 10.2 Å². The maximum absolute atomic E-state index is 13.2. The molecule has 0 saturated heterocycles. The molecule has 10 heteroatoms. The van der Waals surface area contributed by atoms with Crippen LogP contribution in [0.25, 0.3) is 0 Å². The average Bonchev–Trinajstić information content (AvgIpc) is 3.07. The average molecular weight is 392 g/mol. The van der Waals surface area contributed by atoms with Crippen LogP contribution in [0.15, 0.2) is 52.9 Å². The molecule has 0 aliphatic carbocycles. The summed E-state index contributed by atoms with van der Waals surface area (Å²) in [5.41, 5.74) is 1.93. The van der Waals surface area contributed by atoms with Crippen LogP contribution in [0.3, 0.4) is 0 Å². The van der Waals surface area contributed by atoms with E-state index in [9.17, 15) is 17.6 Å². The fourth-order valence-corrected chi connectivity index (χ4v) is 4.02.